The first-order chi connectivity index (χ1) is 17.5. The zero-order chi connectivity index (χ0) is 27.3. The maximum Gasteiger partial charge on any atom is 0.262 e. The summed E-state index contributed by atoms with van der Waals surface area (Å²) in [4.78, 5) is 27.7. The fourth-order valence-electron chi connectivity index (χ4n) is 4.21. The summed E-state index contributed by atoms with van der Waals surface area (Å²) < 4.78 is 21.8. The summed E-state index contributed by atoms with van der Waals surface area (Å²) in [5.41, 5.74) is 2.11. The van der Waals surface area contributed by atoms with Crippen LogP contribution in [0.3, 0.4) is 0 Å². The van der Waals surface area contributed by atoms with Crippen LogP contribution in [0.15, 0.2) is 41.5 Å². The fourth-order valence-corrected chi connectivity index (χ4v) is 4.21. The molecule has 0 bridgehead atoms. The summed E-state index contributed by atoms with van der Waals surface area (Å²) in [5, 5.41) is 6.19. The van der Waals surface area contributed by atoms with Crippen LogP contribution in [0, 0.1) is 5.41 Å². The first-order valence-corrected chi connectivity index (χ1v) is 12.1. The second kappa shape index (κ2) is 11.5. The highest BCUT2D eigenvalue weighted by Crippen LogP contribution is 2.39. The highest BCUT2D eigenvalue weighted by molar-refractivity contribution is 6.05. The standard InChI is InChI=1S/C28H37N3O6/c1-28(2,3)16-26(32)30(4)17-27(33)31-22(18-9-12-23(35-6)25(13-18)37-8)15-21(29-31)20-11-10-19(34-5)14-24(20)36-7/h9-14,22H,15-17H2,1-8H3/t22-/m1/s1. The maximum absolute atomic E-state index is 13.5. The molecule has 0 N–H and O–H groups in total. The molecule has 0 aliphatic carbocycles. The van der Waals surface area contributed by atoms with Gasteiger partial charge in [0, 0.05) is 31.5 Å². The molecule has 0 saturated carbocycles. The van der Waals surface area contributed by atoms with Crippen LogP contribution in [0.5, 0.6) is 23.0 Å². The van der Waals surface area contributed by atoms with E-state index in [2.05, 4.69) is 0 Å². The van der Waals surface area contributed by atoms with Gasteiger partial charge in [-0.1, -0.05) is 26.8 Å². The molecular weight excluding hydrogens is 474 g/mol. The van der Waals surface area contributed by atoms with Gasteiger partial charge in [-0.3, -0.25) is 9.59 Å². The molecule has 0 aromatic heterocycles. The van der Waals surface area contributed by atoms with Crippen molar-refractivity contribution in [1.29, 1.82) is 0 Å². The van der Waals surface area contributed by atoms with Crippen molar-refractivity contribution >= 4 is 17.5 Å². The zero-order valence-corrected chi connectivity index (χ0v) is 23.0. The molecule has 1 atom stereocenters. The summed E-state index contributed by atoms with van der Waals surface area (Å²) in [5.74, 6) is 2.02. The van der Waals surface area contributed by atoms with E-state index in [-0.39, 0.29) is 23.8 Å². The number of methoxy groups -OCH3 is 4. The van der Waals surface area contributed by atoms with Crippen molar-refractivity contribution in [1.82, 2.24) is 9.91 Å². The molecule has 1 aliphatic rings. The number of benzene rings is 2. The fraction of sp³-hybridized carbons (Fsp3) is 0.464. The molecule has 1 aliphatic heterocycles. The molecule has 0 fully saturated rings. The minimum absolute atomic E-state index is 0.0881. The van der Waals surface area contributed by atoms with Crippen LogP contribution < -0.4 is 18.9 Å². The van der Waals surface area contributed by atoms with Crippen LogP contribution in [0.1, 0.15) is 50.8 Å². The Morgan fingerprint density at radius 1 is 0.946 bits per heavy atom. The van der Waals surface area contributed by atoms with E-state index in [1.165, 1.54) is 9.91 Å². The summed E-state index contributed by atoms with van der Waals surface area (Å²) in [6.45, 7) is 5.89. The summed E-state index contributed by atoms with van der Waals surface area (Å²) >= 11 is 0. The molecule has 1 heterocycles. The van der Waals surface area contributed by atoms with E-state index in [1.807, 2.05) is 51.1 Å². The van der Waals surface area contributed by atoms with E-state index in [9.17, 15) is 9.59 Å². The Balaban J connectivity index is 1.98. The smallest absolute Gasteiger partial charge is 0.262 e. The largest absolute Gasteiger partial charge is 0.497 e. The number of likely N-dealkylation sites (N-methyl/N-ethyl adjacent to an activating group) is 1. The third kappa shape index (κ3) is 6.53. The first-order valence-electron chi connectivity index (χ1n) is 12.1. The molecule has 9 heteroatoms. The van der Waals surface area contributed by atoms with Gasteiger partial charge in [0.15, 0.2) is 11.5 Å². The van der Waals surface area contributed by atoms with Gasteiger partial charge in [-0.15, -0.1) is 0 Å². The second-order valence-corrected chi connectivity index (χ2v) is 10.2. The number of nitrogens with zero attached hydrogens (tertiary/aromatic N) is 3. The Labute approximate surface area is 218 Å². The molecule has 2 amide bonds. The number of rotatable bonds is 9. The molecule has 0 spiro atoms. The van der Waals surface area contributed by atoms with Crippen molar-refractivity contribution in [3.8, 4) is 23.0 Å². The van der Waals surface area contributed by atoms with Crippen LogP contribution in [0.2, 0.25) is 0 Å². The van der Waals surface area contributed by atoms with Crippen molar-refractivity contribution < 1.29 is 28.5 Å². The maximum atomic E-state index is 13.5. The van der Waals surface area contributed by atoms with Gasteiger partial charge in [0.05, 0.1) is 40.2 Å². The lowest BCUT2D eigenvalue weighted by Crippen LogP contribution is -2.40. The molecule has 200 valence electrons. The number of carbonyl (C=O) groups is 2. The highest BCUT2D eigenvalue weighted by atomic mass is 16.5. The molecule has 37 heavy (non-hydrogen) atoms. The predicted octanol–water partition coefficient (Wildman–Crippen LogP) is 4.29. The van der Waals surface area contributed by atoms with Crippen molar-refractivity contribution in [3.63, 3.8) is 0 Å². The Hall–Kier alpha value is -3.75. The third-order valence-corrected chi connectivity index (χ3v) is 6.16. The van der Waals surface area contributed by atoms with E-state index < -0.39 is 6.04 Å². The average molecular weight is 512 g/mol. The van der Waals surface area contributed by atoms with Gasteiger partial charge in [0.1, 0.15) is 18.0 Å². The van der Waals surface area contributed by atoms with Gasteiger partial charge in [-0.05, 0) is 35.2 Å². The Kier molecular flexibility index (Phi) is 8.68. The third-order valence-electron chi connectivity index (χ3n) is 6.16. The van der Waals surface area contributed by atoms with Crippen LogP contribution in [-0.2, 0) is 9.59 Å². The number of hydrogen-bond donors (Lipinski definition) is 0. The van der Waals surface area contributed by atoms with E-state index in [0.29, 0.717) is 41.6 Å². The lowest BCUT2D eigenvalue weighted by molar-refractivity contribution is -0.141. The van der Waals surface area contributed by atoms with Crippen LogP contribution in [0.25, 0.3) is 0 Å². The molecule has 0 radical (unpaired) electrons. The quantitative estimate of drug-likeness (QED) is 0.499. The molecule has 9 nitrogen and oxygen atoms in total. The topological polar surface area (TPSA) is 89.9 Å². The number of hydrogen-bond acceptors (Lipinski definition) is 7. The van der Waals surface area contributed by atoms with Crippen molar-refractivity contribution in [2.45, 2.75) is 39.7 Å². The Morgan fingerprint density at radius 3 is 2.22 bits per heavy atom. The van der Waals surface area contributed by atoms with E-state index in [0.717, 1.165) is 11.1 Å². The van der Waals surface area contributed by atoms with Gasteiger partial charge in [0.2, 0.25) is 5.91 Å². The molecule has 3 rings (SSSR count). The molecule has 2 aromatic carbocycles. The van der Waals surface area contributed by atoms with Gasteiger partial charge in [0.25, 0.3) is 5.91 Å². The zero-order valence-electron chi connectivity index (χ0n) is 23.0. The van der Waals surface area contributed by atoms with Crippen LogP contribution >= 0.6 is 0 Å². The highest BCUT2D eigenvalue weighted by Gasteiger charge is 2.35. The number of carbonyl (C=O) groups excluding carboxylic acids is 2. The number of amides is 2. The Bertz CT molecular complexity index is 1170. The van der Waals surface area contributed by atoms with Crippen molar-refractivity contribution in [2.75, 3.05) is 42.0 Å². The lowest BCUT2D eigenvalue weighted by atomic mass is 9.92. The van der Waals surface area contributed by atoms with Crippen LogP contribution in [-0.4, -0.2) is 69.5 Å². The normalized spacial score (nSPS) is 15.2. The minimum Gasteiger partial charge on any atom is -0.497 e. The lowest BCUT2D eigenvalue weighted by Gasteiger charge is -2.27. The molecule has 2 aromatic rings. The number of hydrazone groups is 1. The average Bonchev–Trinajstić information content (AvgIpc) is 3.32. The second-order valence-electron chi connectivity index (χ2n) is 10.2. The summed E-state index contributed by atoms with van der Waals surface area (Å²) in [6.07, 6.45) is 0.789. The molecule has 0 saturated heterocycles. The SMILES string of the molecule is COc1ccc(C2=NN(C(=O)CN(C)C(=O)CC(C)(C)C)[C@@H](c3ccc(OC)c(OC)c3)C2)c(OC)c1. The monoisotopic (exact) mass is 511 g/mol. The van der Waals surface area contributed by atoms with Gasteiger partial charge < -0.3 is 23.8 Å². The van der Waals surface area contributed by atoms with Gasteiger partial charge >= 0.3 is 0 Å². The van der Waals surface area contributed by atoms with Gasteiger partial charge in [-0.2, -0.15) is 5.10 Å². The van der Waals surface area contributed by atoms with Crippen molar-refractivity contribution in [3.05, 3.63) is 47.5 Å². The predicted molar refractivity (Wildman–Crippen MR) is 142 cm³/mol. The minimum atomic E-state index is -0.403. The first kappa shape index (κ1) is 27.8. The summed E-state index contributed by atoms with van der Waals surface area (Å²) in [7, 11) is 7.96. The number of ether oxygens (including phenoxy) is 4. The van der Waals surface area contributed by atoms with E-state index in [1.54, 1.807) is 41.6 Å². The van der Waals surface area contributed by atoms with Crippen LogP contribution in [0.4, 0.5) is 0 Å². The molecular formula is C28H37N3O6. The van der Waals surface area contributed by atoms with E-state index in [4.69, 9.17) is 24.0 Å². The van der Waals surface area contributed by atoms with Crippen molar-refractivity contribution in [2.24, 2.45) is 10.5 Å². The molecule has 0 unspecified atom stereocenters. The van der Waals surface area contributed by atoms with E-state index >= 15 is 0 Å². The summed E-state index contributed by atoms with van der Waals surface area (Å²) in [6, 6.07) is 10.6. The van der Waals surface area contributed by atoms with Gasteiger partial charge in [-0.25, -0.2) is 5.01 Å². The Morgan fingerprint density at radius 2 is 1.62 bits per heavy atom.